The third-order valence-electron chi connectivity index (χ3n) is 5.63. The van der Waals surface area contributed by atoms with E-state index in [0.717, 1.165) is 21.9 Å². The molecule has 4 rings (SSSR count). The number of rotatable bonds is 7. The van der Waals surface area contributed by atoms with Gasteiger partial charge in [0.15, 0.2) is 0 Å². The Morgan fingerprint density at radius 3 is 2.47 bits per heavy atom. The Balaban J connectivity index is 1.65. The fourth-order valence-electron chi connectivity index (χ4n) is 3.81. The monoisotopic (exact) mass is 476 g/mol. The molecular weight excluding hydrogens is 452 g/mol. The molecule has 0 aliphatic rings. The first kappa shape index (κ1) is 24.2. The van der Waals surface area contributed by atoms with E-state index in [1.54, 1.807) is 30.3 Å². The number of esters is 1. The molecule has 0 bridgehead atoms. The fourth-order valence-corrected chi connectivity index (χ4v) is 3.81. The van der Waals surface area contributed by atoms with E-state index in [2.05, 4.69) is 16.1 Å². The molecule has 6 heteroatoms. The maximum atomic E-state index is 13.0. The van der Waals surface area contributed by atoms with Crippen molar-refractivity contribution < 1.29 is 19.1 Å². The predicted molar refractivity (Wildman–Crippen MR) is 139 cm³/mol. The van der Waals surface area contributed by atoms with Gasteiger partial charge in [0, 0.05) is 11.3 Å². The van der Waals surface area contributed by atoms with Crippen molar-refractivity contribution in [2.24, 2.45) is 0 Å². The summed E-state index contributed by atoms with van der Waals surface area (Å²) in [5.74, 6) is -0.473. The number of ether oxygens (including phenoxy) is 2. The van der Waals surface area contributed by atoms with Crippen LogP contribution in [0.5, 0.6) is 5.75 Å². The minimum absolute atomic E-state index is 0.0798. The van der Waals surface area contributed by atoms with Crippen molar-refractivity contribution in [2.45, 2.75) is 13.5 Å². The Bertz CT molecular complexity index is 1500. The lowest BCUT2D eigenvalue weighted by Gasteiger charge is -2.13. The van der Waals surface area contributed by atoms with Gasteiger partial charge in [0.2, 0.25) is 0 Å². The fraction of sp³-hybridized carbons (Fsp3) is 0.100. The van der Waals surface area contributed by atoms with Gasteiger partial charge >= 0.3 is 5.97 Å². The van der Waals surface area contributed by atoms with Crippen LogP contribution in [0.2, 0.25) is 0 Å². The molecule has 0 saturated heterocycles. The van der Waals surface area contributed by atoms with E-state index in [4.69, 9.17) is 4.74 Å². The van der Waals surface area contributed by atoms with Crippen molar-refractivity contribution in [3.8, 4) is 11.8 Å². The van der Waals surface area contributed by atoms with E-state index >= 15 is 0 Å². The van der Waals surface area contributed by atoms with Gasteiger partial charge in [-0.3, -0.25) is 4.79 Å². The van der Waals surface area contributed by atoms with Gasteiger partial charge in [-0.1, -0.05) is 60.2 Å². The molecule has 0 aliphatic heterocycles. The topological polar surface area (TPSA) is 88.4 Å². The van der Waals surface area contributed by atoms with Gasteiger partial charge in [-0.05, 0) is 59.7 Å². The standard InChI is InChI=1S/C30H24N2O4/c1-20-6-5-7-21(16-20)19-36-28-15-12-22-8-3-4-9-26(22)27(28)17-24(18-31)29(33)32-25-13-10-23(11-14-25)30(34)35-2/h3-17H,19H2,1-2H3,(H,32,33)/b24-17+. The molecule has 0 radical (unpaired) electrons. The number of aryl methyl sites for hydroxylation is 1. The zero-order valence-corrected chi connectivity index (χ0v) is 19.9. The van der Waals surface area contributed by atoms with Gasteiger partial charge in [-0.15, -0.1) is 0 Å². The molecular formula is C30H24N2O4. The largest absolute Gasteiger partial charge is 0.488 e. The van der Waals surface area contributed by atoms with Gasteiger partial charge in [0.05, 0.1) is 12.7 Å². The number of nitrogens with one attached hydrogen (secondary N) is 1. The van der Waals surface area contributed by atoms with Crippen LogP contribution >= 0.6 is 0 Å². The number of carbonyl (C=O) groups excluding carboxylic acids is 2. The number of hydrogen-bond acceptors (Lipinski definition) is 5. The number of benzene rings is 4. The van der Waals surface area contributed by atoms with Crippen molar-refractivity contribution >= 4 is 34.4 Å². The molecule has 1 N–H and O–H groups in total. The first-order valence-corrected chi connectivity index (χ1v) is 11.3. The molecule has 0 atom stereocenters. The average molecular weight is 477 g/mol. The number of anilines is 1. The number of nitriles is 1. The Morgan fingerprint density at radius 1 is 0.972 bits per heavy atom. The molecule has 0 aliphatic carbocycles. The lowest BCUT2D eigenvalue weighted by Crippen LogP contribution is -2.13. The molecule has 4 aromatic rings. The van der Waals surface area contributed by atoms with Crippen LogP contribution in [0.1, 0.15) is 27.0 Å². The van der Waals surface area contributed by atoms with Crippen LogP contribution in [0.15, 0.2) is 90.5 Å². The first-order chi connectivity index (χ1) is 17.5. The summed E-state index contributed by atoms with van der Waals surface area (Å²) in [6.07, 6.45) is 1.55. The summed E-state index contributed by atoms with van der Waals surface area (Å²) in [5.41, 5.74) is 3.53. The van der Waals surface area contributed by atoms with Crippen molar-refractivity contribution in [1.82, 2.24) is 0 Å². The van der Waals surface area contributed by atoms with E-state index in [-0.39, 0.29) is 5.57 Å². The second kappa shape index (κ2) is 11.0. The zero-order valence-electron chi connectivity index (χ0n) is 19.9. The van der Waals surface area contributed by atoms with Gasteiger partial charge in [-0.2, -0.15) is 5.26 Å². The van der Waals surface area contributed by atoms with Gasteiger partial charge in [0.1, 0.15) is 24.0 Å². The predicted octanol–water partition coefficient (Wildman–Crippen LogP) is 6.06. The van der Waals surface area contributed by atoms with Gasteiger partial charge in [0.25, 0.3) is 5.91 Å². The van der Waals surface area contributed by atoms with E-state index in [0.29, 0.717) is 29.2 Å². The minimum Gasteiger partial charge on any atom is -0.488 e. The minimum atomic E-state index is -0.569. The molecule has 0 spiro atoms. The summed E-state index contributed by atoms with van der Waals surface area (Å²) < 4.78 is 10.8. The molecule has 6 nitrogen and oxygen atoms in total. The molecule has 1 amide bonds. The third-order valence-corrected chi connectivity index (χ3v) is 5.63. The molecule has 4 aromatic carbocycles. The number of amides is 1. The van der Waals surface area contributed by atoms with E-state index in [1.165, 1.54) is 7.11 Å². The summed E-state index contributed by atoms with van der Waals surface area (Å²) in [6.45, 7) is 2.37. The summed E-state index contributed by atoms with van der Waals surface area (Å²) in [6, 6.07) is 27.8. The highest BCUT2D eigenvalue weighted by Gasteiger charge is 2.14. The third kappa shape index (κ3) is 5.60. The maximum absolute atomic E-state index is 13.0. The number of nitrogens with zero attached hydrogens (tertiary/aromatic N) is 1. The van der Waals surface area contributed by atoms with E-state index < -0.39 is 11.9 Å². The van der Waals surface area contributed by atoms with Crippen LogP contribution in [-0.4, -0.2) is 19.0 Å². The molecule has 36 heavy (non-hydrogen) atoms. The Morgan fingerprint density at radius 2 is 1.75 bits per heavy atom. The summed E-state index contributed by atoms with van der Waals surface area (Å²) in [4.78, 5) is 24.6. The van der Waals surface area contributed by atoms with Crippen LogP contribution in [-0.2, 0) is 16.1 Å². The van der Waals surface area contributed by atoms with Crippen molar-refractivity contribution in [2.75, 3.05) is 12.4 Å². The molecule has 0 aromatic heterocycles. The first-order valence-electron chi connectivity index (χ1n) is 11.3. The molecule has 0 unspecified atom stereocenters. The quantitative estimate of drug-likeness (QED) is 0.199. The smallest absolute Gasteiger partial charge is 0.337 e. The number of hydrogen-bond donors (Lipinski definition) is 1. The van der Waals surface area contributed by atoms with E-state index in [1.807, 2.05) is 67.6 Å². The molecule has 0 saturated carbocycles. The SMILES string of the molecule is COC(=O)c1ccc(NC(=O)/C(C#N)=C/c2c(OCc3cccc(C)c3)ccc3ccccc23)cc1. The lowest BCUT2D eigenvalue weighted by molar-refractivity contribution is -0.112. The number of fused-ring (bicyclic) bond motifs is 1. The highest BCUT2D eigenvalue weighted by atomic mass is 16.5. The Hall–Kier alpha value is -4.89. The van der Waals surface area contributed by atoms with Crippen LogP contribution in [0.25, 0.3) is 16.8 Å². The summed E-state index contributed by atoms with van der Waals surface area (Å²) in [7, 11) is 1.30. The Kier molecular flexibility index (Phi) is 7.42. The van der Waals surface area contributed by atoms with Crippen LogP contribution in [0, 0.1) is 18.3 Å². The average Bonchev–Trinajstić information content (AvgIpc) is 2.90. The van der Waals surface area contributed by atoms with Crippen LogP contribution < -0.4 is 10.1 Å². The maximum Gasteiger partial charge on any atom is 0.337 e. The molecule has 0 heterocycles. The summed E-state index contributed by atoms with van der Waals surface area (Å²) in [5, 5.41) is 14.3. The van der Waals surface area contributed by atoms with Crippen molar-refractivity contribution in [1.29, 1.82) is 5.26 Å². The number of carbonyl (C=O) groups is 2. The summed E-state index contributed by atoms with van der Waals surface area (Å²) >= 11 is 0. The van der Waals surface area contributed by atoms with Gasteiger partial charge in [-0.25, -0.2) is 4.79 Å². The number of methoxy groups -OCH3 is 1. The van der Waals surface area contributed by atoms with Crippen molar-refractivity contribution in [3.63, 3.8) is 0 Å². The van der Waals surface area contributed by atoms with Crippen LogP contribution in [0.3, 0.4) is 0 Å². The second-order valence-corrected chi connectivity index (χ2v) is 8.17. The van der Waals surface area contributed by atoms with Gasteiger partial charge < -0.3 is 14.8 Å². The second-order valence-electron chi connectivity index (χ2n) is 8.17. The normalized spacial score (nSPS) is 11.0. The van der Waals surface area contributed by atoms with Crippen molar-refractivity contribution in [3.05, 3.63) is 113 Å². The lowest BCUT2D eigenvalue weighted by atomic mass is 10.0. The zero-order chi connectivity index (χ0) is 25.5. The van der Waals surface area contributed by atoms with Crippen LogP contribution in [0.4, 0.5) is 5.69 Å². The highest BCUT2D eigenvalue weighted by Crippen LogP contribution is 2.31. The molecule has 0 fully saturated rings. The molecule has 178 valence electrons. The Labute approximate surface area is 209 Å². The van der Waals surface area contributed by atoms with E-state index in [9.17, 15) is 14.9 Å². The highest BCUT2D eigenvalue weighted by molar-refractivity contribution is 6.11.